The molecule has 0 bridgehead atoms. The quantitative estimate of drug-likeness (QED) is 0.888. The molecule has 0 unspecified atom stereocenters. The number of likely N-dealkylation sites (tertiary alicyclic amines) is 1. The van der Waals surface area contributed by atoms with E-state index in [0.717, 1.165) is 24.3 Å². The molecule has 0 spiro atoms. The number of rotatable bonds is 3. The van der Waals surface area contributed by atoms with Gasteiger partial charge < -0.3 is 10.6 Å². The molecule has 1 fully saturated rings. The number of thioether (sulfide) groups is 1. The highest BCUT2D eigenvalue weighted by Crippen LogP contribution is 2.15. The molecule has 1 saturated heterocycles. The fourth-order valence-electron chi connectivity index (χ4n) is 2.06. The van der Waals surface area contributed by atoms with Crippen LogP contribution in [0.25, 0.3) is 0 Å². The van der Waals surface area contributed by atoms with E-state index in [-0.39, 0.29) is 11.9 Å². The van der Waals surface area contributed by atoms with Crippen molar-refractivity contribution in [2.75, 3.05) is 19.3 Å². The van der Waals surface area contributed by atoms with Crippen LogP contribution in [0.4, 0.5) is 0 Å². The second-order valence-electron chi connectivity index (χ2n) is 4.43. The zero-order valence-corrected chi connectivity index (χ0v) is 10.9. The molecule has 3 nitrogen and oxygen atoms in total. The number of benzene rings is 1. The summed E-state index contributed by atoms with van der Waals surface area (Å²) in [5, 5.41) is 0. The summed E-state index contributed by atoms with van der Waals surface area (Å²) in [4.78, 5) is 14.0. The van der Waals surface area contributed by atoms with Crippen LogP contribution in [0.1, 0.15) is 22.3 Å². The van der Waals surface area contributed by atoms with E-state index in [2.05, 4.69) is 6.26 Å². The lowest BCUT2D eigenvalue weighted by Crippen LogP contribution is -2.31. The first-order chi connectivity index (χ1) is 8.20. The number of carbonyl (C=O) groups is 1. The van der Waals surface area contributed by atoms with E-state index in [4.69, 9.17) is 5.73 Å². The van der Waals surface area contributed by atoms with E-state index in [1.807, 2.05) is 29.2 Å². The van der Waals surface area contributed by atoms with Gasteiger partial charge in [-0.05, 0) is 30.4 Å². The predicted molar refractivity (Wildman–Crippen MR) is 72.2 cm³/mol. The molecule has 1 aromatic carbocycles. The van der Waals surface area contributed by atoms with Gasteiger partial charge >= 0.3 is 0 Å². The van der Waals surface area contributed by atoms with Crippen molar-refractivity contribution in [1.82, 2.24) is 4.90 Å². The number of nitrogens with two attached hydrogens (primary N) is 1. The Morgan fingerprint density at radius 3 is 2.71 bits per heavy atom. The van der Waals surface area contributed by atoms with Crippen LogP contribution in [-0.2, 0) is 5.75 Å². The summed E-state index contributed by atoms with van der Waals surface area (Å²) in [7, 11) is 0. The van der Waals surface area contributed by atoms with Crippen molar-refractivity contribution in [2.24, 2.45) is 5.73 Å². The maximum atomic E-state index is 12.1. The van der Waals surface area contributed by atoms with Gasteiger partial charge in [-0.1, -0.05) is 12.1 Å². The van der Waals surface area contributed by atoms with Crippen molar-refractivity contribution < 1.29 is 4.79 Å². The normalized spacial score (nSPS) is 19.6. The zero-order valence-electron chi connectivity index (χ0n) is 10.1. The lowest BCUT2D eigenvalue weighted by molar-refractivity contribution is 0.0791. The van der Waals surface area contributed by atoms with Crippen LogP contribution >= 0.6 is 11.8 Å². The van der Waals surface area contributed by atoms with Gasteiger partial charge in [0.1, 0.15) is 0 Å². The predicted octanol–water partition coefficient (Wildman–Crippen LogP) is 1.72. The molecular weight excluding hydrogens is 232 g/mol. The van der Waals surface area contributed by atoms with Crippen molar-refractivity contribution in [2.45, 2.75) is 18.2 Å². The van der Waals surface area contributed by atoms with E-state index in [1.165, 1.54) is 5.56 Å². The van der Waals surface area contributed by atoms with Crippen LogP contribution < -0.4 is 5.73 Å². The first kappa shape index (κ1) is 12.5. The molecule has 2 rings (SSSR count). The Morgan fingerprint density at radius 2 is 2.18 bits per heavy atom. The molecule has 0 radical (unpaired) electrons. The second kappa shape index (κ2) is 5.56. The van der Waals surface area contributed by atoms with Crippen LogP contribution in [-0.4, -0.2) is 36.2 Å². The third kappa shape index (κ3) is 3.01. The van der Waals surface area contributed by atoms with Crippen LogP contribution in [0.3, 0.4) is 0 Å². The Morgan fingerprint density at radius 1 is 1.47 bits per heavy atom. The maximum Gasteiger partial charge on any atom is 0.253 e. The molecule has 1 aliphatic heterocycles. The van der Waals surface area contributed by atoms with Gasteiger partial charge in [0.15, 0.2) is 0 Å². The molecule has 17 heavy (non-hydrogen) atoms. The second-order valence-corrected chi connectivity index (χ2v) is 5.30. The molecule has 92 valence electrons. The third-order valence-corrected chi connectivity index (χ3v) is 3.65. The minimum absolute atomic E-state index is 0.105. The van der Waals surface area contributed by atoms with Gasteiger partial charge in [0, 0.05) is 30.4 Å². The summed E-state index contributed by atoms with van der Waals surface area (Å²) in [6.45, 7) is 1.47. The van der Waals surface area contributed by atoms with Crippen LogP contribution in [0, 0.1) is 0 Å². The SMILES string of the molecule is CSCc1ccc(C(=O)N2CC[C@H](N)C2)cc1. The number of hydrogen-bond acceptors (Lipinski definition) is 3. The van der Waals surface area contributed by atoms with Gasteiger partial charge in [0.05, 0.1) is 0 Å². The first-order valence-electron chi connectivity index (χ1n) is 5.83. The molecule has 1 aromatic rings. The standard InChI is InChI=1S/C13H18N2OS/c1-17-9-10-2-4-11(5-3-10)13(16)15-7-6-12(14)8-15/h2-5,12H,6-9,14H2,1H3/t12-/m0/s1. The van der Waals surface area contributed by atoms with Gasteiger partial charge in [0.2, 0.25) is 0 Å². The molecule has 0 aromatic heterocycles. The maximum absolute atomic E-state index is 12.1. The van der Waals surface area contributed by atoms with Gasteiger partial charge in [0.25, 0.3) is 5.91 Å². The minimum atomic E-state index is 0.105. The lowest BCUT2D eigenvalue weighted by Gasteiger charge is -2.15. The topological polar surface area (TPSA) is 46.3 Å². The Hall–Kier alpha value is -1.00. The molecule has 1 amide bonds. The van der Waals surface area contributed by atoms with Crippen LogP contribution in [0.5, 0.6) is 0 Å². The summed E-state index contributed by atoms with van der Waals surface area (Å²) in [6.07, 6.45) is 2.99. The van der Waals surface area contributed by atoms with Gasteiger partial charge in [-0.2, -0.15) is 11.8 Å². The van der Waals surface area contributed by atoms with Crippen molar-refractivity contribution in [1.29, 1.82) is 0 Å². The summed E-state index contributed by atoms with van der Waals surface area (Å²) in [5.74, 6) is 1.09. The highest BCUT2D eigenvalue weighted by molar-refractivity contribution is 7.97. The summed E-state index contributed by atoms with van der Waals surface area (Å²) in [6, 6.07) is 8.03. The van der Waals surface area contributed by atoms with Gasteiger partial charge in [-0.3, -0.25) is 4.79 Å². The fraction of sp³-hybridized carbons (Fsp3) is 0.462. The average Bonchev–Trinajstić information content (AvgIpc) is 2.76. The van der Waals surface area contributed by atoms with Gasteiger partial charge in [-0.15, -0.1) is 0 Å². The molecule has 2 N–H and O–H groups in total. The van der Waals surface area contributed by atoms with Crippen LogP contribution in [0.2, 0.25) is 0 Å². The van der Waals surface area contributed by atoms with E-state index < -0.39 is 0 Å². The van der Waals surface area contributed by atoms with E-state index in [9.17, 15) is 4.79 Å². The number of carbonyl (C=O) groups excluding carboxylic acids is 1. The van der Waals surface area contributed by atoms with Crippen molar-refractivity contribution in [3.63, 3.8) is 0 Å². The Balaban J connectivity index is 2.04. The smallest absolute Gasteiger partial charge is 0.253 e. The van der Waals surface area contributed by atoms with Gasteiger partial charge in [-0.25, -0.2) is 0 Å². The zero-order chi connectivity index (χ0) is 12.3. The molecule has 0 aliphatic carbocycles. The van der Waals surface area contributed by atoms with Crippen molar-refractivity contribution >= 4 is 17.7 Å². The highest BCUT2D eigenvalue weighted by Gasteiger charge is 2.24. The van der Waals surface area contributed by atoms with Crippen LogP contribution in [0.15, 0.2) is 24.3 Å². The molecule has 1 heterocycles. The number of amides is 1. The molecule has 1 aliphatic rings. The average molecular weight is 250 g/mol. The summed E-state index contributed by atoms with van der Waals surface area (Å²) in [5.41, 5.74) is 7.83. The fourth-order valence-corrected chi connectivity index (χ4v) is 2.59. The molecular formula is C13H18N2OS. The monoisotopic (exact) mass is 250 g/mol. The summed E-state index contributed by atoms with van der Waals surface area (Å²) < 4.78 is 0. The number of nitrogens with zero attached hydrogens (tertiary/aromatic N) is 1. The molecule has 4 heteroatoms. The number of hydrogen-bond donors (Lipinski definition) is 1. The van der Waals surface area contributed by atoms with E-state index in [1.54, 1.807) is 11.8 Å². The van der Waals surface area contributed by atoms with Crippen molar-refractivity contribution in [3.8, 4) is 0 Å². The summed E-state index contributed by atoms with van der Waals surface area (Å²) >= 11 is 1.78. The first-order valence-corrected chi connectivity index (χ1v) is 7.23. The highest BCUT2D eigenvalue weighted by atomic mass is 32.2. The largest absolute Gasteiger partial charge is 0.337 e. The Kier molecular flexibility index (Phi) is 4.07. The van der Waals surface area contributed by atoms with E-state index >= 15 is 0 Å². The lowest BCUT2D eigenvalue weighted by atomic mass is 10.1. The molecule has 0 saturated carbocycles. The minimum Gasteiger partial charge on any atom is -0.337 e. The van der Waals surface area contributed by atoms with E-state index in [0.29, 0.717) is 6.54 Å². The van der Waals surface area contributed by atoms with Crippen molar-refractivity contribution in [3.05, 3.63) is 35.4 Å². The Labute approximate surface area is 106 Å². The third-order valence-electron chi connectivity index (χ3n) is 3.02. The molecule has 1 atom stereocenters. The Bertz CT molecular complexity index is 391.